The number of benzene rings is 1. The van der Waals surface area contributed by atoms with Crippen molar-refractivity contribution in [3.8, 4) is 5.75 Å². The molecule has 0 saturated carbocycles. The zero-order chi connectivity index (χ0) is 13.7. The number of halogens is 2. The van der Waals surface area contributed by atoms with Gasteiger partial charge in [0.15, 0.2) is 0 Å². The lowest BCUT2D eigenvalue weighted by Crippen LogP contribution is -2.36. The number of rotatable bonds is 5. The van der Waals surface area contributed by atoms with Crippen molar-refractivity contribution in [2.75, 3.05) is 13.2 Å². The molecule has 1 saturated heterocycles. The first kappa shape index (κ1) is 14.2. The second-order valence-electron chi connectivity index (χ2n) is 4.72. The van der Waals surface area contributed by atoms with E-state index in [1.165, 1.54) is 0 Å². The first-order chi connectivity index (χ1) is 9.15. The molecule has 1 heterocycles. The summed E-state index contributed by atoms with van der Waals surface area (Å²) in [5.41, 5.74) is 1.06. The van der Waals surface area contributed by atoms with Gasteiger partial charge in [-0.3, -0.25) is 0 Å². The van der Waals surface area contributed by atoms with Crippen LogP contribution < -0.4 is 10.1 Å². The van der Waals surface area contributed by atoms with Gasteiger partial charge in [-0.1, -0.05) is 12.1 Å². The minimum atomic E-state index is -2.77. The second kappa shape index (κ2) is 6.82. The Morgan fingerprint density at radius 3 is 2.42 bits per heavy atom. The van der Waals surface area contributed by atoms with Gasteiger partial charge in [0.25, 0.3) is 0 Å². The van der Waals surface area contributed by atoms with Crippen molar-refractivity contribution < 1.29 is 18.3 Å². The summed E-state index contributed by atoms with van der Waals surface area (Å²) < 4.78 is 33.7. The molecule has 2 rings (SSSR count). The van der Waals surface area contributed by atoms with Gasteiger partial charge in [-0.25, -0.2) is 0 Å². The van der Waals surface area contributed by atoms with E-state index in [-0.39, 0.29) is 11.8 Å². The van der Waals surface area contributed by atoms with Crippen molar-refractivity contribution in [1.29, 1.82) is 0 Å². The van der Waals surface area contributed by atoms with E-state index in [0.29, 0.717) is 6.04 Å². The van der Waals surface area contributed by atoms with Crippen molar-refractivity contribution >= 4 is 0 Å². The van der Waals surface area contributed by atoms with E-state index in [9.17, 15) is 8.78 Å². The lowest BCUT2D eigenvalue weighted by Gasteiger charge is -2.27. The highest BCUT2D eigenvalue weighted by Crippen LogP contribution is 2.20. The predicted molar refractivity (Wildman–Crippen MR) is 68.5 cm³/mol. The summed E-state index contributed by atoms with van der Waals surface area (Å²) in [4.78, 5) is 0. The van der Waals surface area contributed by atoms with Crippen LogP contribution in [0.2, 0.25) is 0 Å². The maximum atomic E-state index is 12.0. The third-order valence-electron chi connectivity index (χ3n) is 3.31. The van der Waals surface area contributed by atoms with Crippen LogP contribution in [0, 0.1) is 0 Å². The number of ether oxygens (including phenoxy) is 2. The molecule has 0 aromatic heterocycles. The summed E-state index contributed by atoms with van der Waals surface area (Å²) in [7, 11) is 0. The molecule has 0 spiro atoms. The minimum absolute atomic E-state index is 0.184. The maximum Gasteiger partial charge on any atom is 0.387 e. The van der Waals surface area contributed by atoms with Crippen molar-refractivity contribution in [2.24, 2.45) is 0 Å². The molecule has 3 nitrogen and oxygen atoms in total. The van der Waals surface area contributed by atoms with E-state index in [4.69, 9.17) is 4.74 Å². The molecule has 1 atom stereocenters. The van der Waals surface area contributed by atoms with E-state index >= 15 is 0 Å². The molecule has 0 bridgehead atoms. The van der Waals surface area contributed by atoms with Crippen LogP contribution in [0.1, 0.15) is 31.4 Å². The number of nitrogens with one attached hydrogen (secondary N) is 1. The van der Waals surface area contributed by atoms with Crippen LogP contribution in [0.5, 0.6) is 5.75 Å². The van der Waals surface area contributed by atoms with Crippen molar-refractivity contribution in [3.05, 3.63) is 29.8 Å². The Balaban J connectivity index is 1.89. The summed E-state index contributed by atoms with van der Waals surface area (Å²) in [6, 6.07) is 7.42. The topological polar surface area (TPSA) is 30.5 Å². The van der Waals surface area contributed by atoms with Gasteiger partial charge in [0.2, 0.25) is 0 Å². The van der Waals surface area contributed by atoms with Gasteiger partial charge in [0, 0.05) is 25.3 Å². The van der Waals surface area contributed by atoms with Crippen LogP contribution in [0.4, 0.5) is 8.78 Å². The van der Waals surface area contributed by atoms with Crippen LogP contribution in [0.15, 0.2) is 24.3 Å². The van der Waals surface area contributed by atoms with E-state index in [2.05, 4.69) is 17.0 Å². The molecule has 1 aliphatic rings. The molecule has 0 aliphatic carbocycles. The Morgan fingerprint density at radius 2 is 1.84 bits per heavy atom. The summed E-state index contributed by atoms with van der Waals surface area (Å²) in [6.07, 6.45) is 2.02. The molecular formula is C14H19F2NO2. The van der Waals surface area contributed by atoms with Gasteiger partial charge in [-0.05, 0) is 37.5 Å². The average molecular weight is 271 g/mol. The van der Waals surface area contributed by atoms with E-state index in [0.717, 1.165) is 31.6 Å². The molecule has 1 fully saturated rings. The Morgan fingerprint density at radius 1 is 1.21 bits per heavy atom. The summed E-state index contributed by atoms with van der Waals surface area (Å²) in [5.74, 6) is 0.192. The summed E-state index contributed by atoms with van der Waals surface area (Å²) in [5, 5.41) is 3.53. The van der Waals surface area contributed by atoms with E-state index in [1.807, 2.05) is 12.1 Å². The van der Waals surface area contributed by atoms with Crippen molar-refractivity contribution in [1.82, 2.24) is 5.32 Å². The SMILES string of the molecule is CC(NC1CCOCC1)c1ccc(OC(F)F)cc1. The number of alkyl halides is 2. The van der Waals surface area contributed by atoms with Gasteiger partial charge in [-0.15, -0.1) is 0 Å². The van der Waals surface area contributed by atoms with Crippen molar-refractivity contribution in [2.45, 2.75) is 38.5 Å². The Hall–Kier alpha value is -1.20. The number of hydrogen-bond acceptors (Lipinski definition) is 3. The predicted octanol–water partition coefficient (Wildman–Crippen LogP) is 3.12. The smallest absolute Gasteiger partial charge is 0.387 e. The molecule has 1 N–H and O–H groups in total. The minimum Gasteiger partial charge on any atom is -0.435 e. The normalized spacial score (nSPS) is 18.5. The zero-order valence-corrected chi connectivity index (χ0v) is 10.9. The van der Waals surface area contributed by atoms with E-state index < -0.39 is 6.61 Å². The number of hydrogen-bond donors (Lipinski definition) is 1. The maximum absolute atomic E-state index is 12.0. The van der Waals surface area contributed by atoms with Crippen LogP contribution in [-0.2, 0) is 4.74 Å². The van der Waals surface area contributed by atoms with Gasteiger partial charge in [0.05, 0.1) is 0 Å². The molecule has 1 aromatic rings. The lowest BCUT2D eigenvalue weighted by atomic mass is 10.0. The quantitative estimate of drug-likeness (QED) is 0.892. The molecule has 1 unspecified atom stereocenters. The van der Waals surface area contributed by atoms with Crippen LogP contribution in [0.25, 0.3) is 0 Å². The first-order valence-electron chi connectivity index (χ1n) is 6.53. The molecule has 0 amide bonds. The molecule has 106 valence electrons. The third kappa shape index (κ3) is 4.44. The Bertz CT molecular complexity index is 378. The Labute approximate surface area is 111 Å². The Kier molecular flexibility index (Phi) is 5.10. The summed E-state index contributed by atoms with van der Waals surface area (Å²) >= 11 is 0. The lowest BCUT2D eigenvalue weighted by molar-refractivity contribution is -0.0498. The molecule has 19 heavy (non-hydrogen) atoms. The van der Waals surface area contributed by atoms with Gasteiger partial charge < -0.3 is 14.8 Å². The molecule has 5 heteroatoms. The van der Waals surface area contributed by atoms with Crippen LogP contribution >= 0.6 is 0 Å². The van der Waals surface area contributed by atoms with Gasteiger partial charge in [0.1, 0.15) is 5.75 Å². The highest BCUT2D eigenvalue weighted by molar-refractivity contribution is 5.29. The summed E-state index contributed by atoms with van der Waals surface area (Å²) in [6.45, 7) is 0.888. The molecule has 1 aliphatic heterocycles. The average Bonchev–Trinajstić information content (AvgIpc) is 2.40. The molecular weight excluding hydrogens is 252 g/mol. The first-order valence-corrected chi connectivity index (χ1v) is 6.53. The second-order valence-corrected chi connectivity index (χ2v) is 4.72. The third-order valence-corrected chi connectivity index (χ3v) is 3.31. The highest BCUT2D eigenvalue weighted by Gasteiger charge is 2.16. The van der Waals surface area contributed by atoms with Gasteiger partial charge in [-0.2, -0.15) is 8.78 Å². The van der Waals surface area contributed by atoms with Crippen LogP contribution in [-0.4, -0.2) is 25.9 Å². The monoisotopic (exact) mass is 271 g/mol. The largest absolute Gasteiger partial charge is 0.435 e. The fourth-order valence-corrected chi connectivity index (χ4v) is 2.25. The van der Waals surface area contributed by atoms with Crippen LogP contribution in [0.3, 0.4) is 0 Å². The zero-order valence-electron chi connectivity index (χ0n) is 10.9. The van der Waals surface area contributed by atoms with Gasteiger partial charge >= 0.3 is 6.61 Å². The van der Waals surface area contributed by atoms with E-state index in [1.54, 1.807) is 12.1 Å². The molecule has 0 radical (unpaired) electrons. The fraction of sp³-hybridized carbons (Fsp3) is 0.571. The van der Waals surface area contributed by atoms with Crippen molar-refractivity contribution in [3.63, 3.8) is 0 Å². The highest BCUT2D eigenvalue weighted by atomic mass is 19.3. The standard InChI is InChI=1S/C14H19F2NO2/c1-10(17-12-6-8-18-9-7-12)11-2-4-13(5-3-11)19-14(15)16/h2-5,10,12,14,17H,6-9H2,1H3. The fourth-order valence-electron chi connectivity index (χ4n) is 2.25. The molecule has 1 aromatic carbocycles.